The van der Waals surface area contributed by atoms with Gasteiger partial charge in [0.2, 0.25) is 5.91 Å². The number of anilines is 1. The highest BCUT2D eigenvalue weighted by atomic mass is 16.5. The van der Waals surface area contributed by atoms with Gasteiger partial charge in [-0.2, -0.15) is 0 Å². The molecule has 2 heterocycles. The summed E-state index contributed by atoms with van der Waals surface area (Å²) in [6.45, 7) is 5.98. The molecule has 1 unspecified atom stereocenters. The molecular weight excluding hydrogens is 426 g/mol. The second-order valence-corrected chi connectivity index (χ2v) is 8.81. The number of amides is 1. The van der Waals surface area contributed by atoms with E-state index >= 15 is 0 Å². The number of rotatable bonds is 7. The number of para-hydroxylation sites is 2. The summed E-state index contributed by atoms with van der Waals surface area (Å²) in [6.07, 6.45) is 0.438. The summed E-state index contributed by atoms with van der Waals surface area (Å²) in [5.41, 5.74) is 5.36. The van der Waals surface area contributed by atoms with Gasteiger partial charge in [-0.1, -0.05) is 18.2 Å². The minimum absolute atomic E-state index is 0.0172. The molecule has 4 aromatic rings. The maximum Gasteiger partial charge on any atom is 0.227 e. The molecule has 1 saturated heterocycles. The minimum atomic E-state index is 0.0172. The summed E-state index contributed by atoms with van der Waals surface area (Å²) in [6, 6.07) is 21.9. The number of hydrogen-bond donors (Lipinski definition) is 0. The lowest BCUT2D eigenvalue weighted by Crippen LogP contribution is -2.24. The average molecular weight is 456 g/mol. The second kappa shape index (κ2) is 9.21. The molecule has 34 heavy (non-hydrogen) atoms. The Morgan fingerprint density at radius 1 is 0.971 bits per heavy atom. The van der Waals surface area contributed by atoms with Crippen LogP contribution < -0.4 is 14.4 Å². The van der Waals surface area contributed by atoms with Crippen molar-refractivity contribution in [3.63, 3.8) is 0 Å². The first kappa shape index (κ1) is 22.0. The van der Waals surface area contributed by atoms with E-state index in [0.717, 1.165) is 34.0 Å². The SMILES string of the molecule is COc1ccc(N2CC(c3nc4ccccc4n3CCOc3ccc(C)c(C)c3)CC2=O)cc1. The molecule has 1 aliphatic heterocycles. The molecule has 1 atom stereocenters. The van der Waals surface area contributed by atoms with E-state index in [0.29, 0.717) is 26.1 Å². The van der Waals surface area contributed by atoms with Crippen molar-refractivity contribution >= 4 is 22.6 Å². The van der Waals surface area contributed by atoms with Crippen LogP contribution in [0.2, 0.25) is 0 Å². The van der Waals surface area contributed by atoms with E-state index < -0.39 is 0 Å². The van der Waals surface area contributed by atoms with Crippen molar-refractivity contribution in [2.45, 2.75) is 32.7 Å². The fourth-order valence-corrected chi connectivity index (χ4v) is 4.59. The number of fused-ring (bicyclic) bond motifs is 1. The van der Waals surface area contributed by atoms with E-state index in [1.165, 1.54) is 11.1 Å². The lowest BCUT2D eigenvalue weighted by atomic mass is 10.1. The number of aromatic nitrogens is 2. The van der Waals surface area contributed by atoms with E-state index in [9.17, 15) is 4.79 Å². The van der Waals surface area contributed by atoms with E-state index in [1.54, 1.807) is 7.11 Å². The molecule has 6 heteroatoms. The molecule has 1 amide bonds. The summed E-state index contributed by atoms with van der Waals surface area (Å²) < 4.78 is 13.5. The van der Waals surface area contributed by atoms with Gasteiger partial charge in [-0.3, -0.25) is 4.79 Å². The molecule has 0 radical (unpaired) electrons. The van der Waals surface area contributed by atoms with Crippen LogP contribution in [0, 0.1) is 13.8 Å². The van der Waals surface area contributed by atoms with Crippen LogP contribution in [-0.2, 0) is 11.3 Å². The predicted molar refractivity (Wildman–Crippen MR) is 134 cm³/mol. The van der Waals surface area contributed by atoms with Gasteiger partial charge in [0.15, 0.2) is 0 Å². The quantitative estimate of drug-likeness (QED) is 0.381. The molecule has 0 aliphatic carbocycles. The Morgan fingerprint density at radius 2 is 1.74 bits per heavy atom. The van der Waals surface area contributed by atoms with Crippen molar-refractivity contribution in [3.8, 4) is 11.5 Å². The Bertz CT molecular complexity index is 1330. The van der Waals surface area contributed by atoms with E-state index in [-0.39, 0.29) is 11.8 Å². The third-order valence-electron chi connectivity index (χ3n) is 6.62. The first-order valence-corrected chi connectivity index (χ1v) is 11.6. The number of hydrogen-bond acceptors (Lipinski definition) is 4. The van der Waals surface area contributed by atoms with Gasteiger partial charge in [-0.05, 0) is 73.5 Å². The maximum atomic E-state index is 12.9. The summed E-state index contributed by atoms with van der Waals surface area (Å²) in [7, 11) is 1.64. The zero-order valence-corrected chi connectivity index (χ0v) is 19.8. The predicted octanol–water partition coefficient (Wildman–Crippen LogP) is 5.26. The number of aryl methyl sites for hydroxylation is 2. The highest BCUT2D eigenvalue weighted by Gasteiger charge is 2.34. The first-order valence-electron chi connectivity index (χ1n) is 11.6. The van der Waals surface area contributed by atoms with Crippen LogP contribution in [-0.4, -0.2) is 35.7 Å². The number of ether oxygens (including phenoxy) is 2. The normalized spacial score (nSPS) is 15.8. The zero-order valence-electron chi connectivity index (χ0n) is 19.8. The van der Waals surface area contributed by atoms with Gasteiger partial charge >= 0.3 is 0 Å². The summed E-state index contributed by atoms with van der Waals surface area (Å²) in [5.74, 6) is 2.71. The molecule has 1 aromatic heterocycles. The first-order chi connectivity index (χ1) is 16.5. The summed E-state index contributed by atoms with van der Waals surface area (Å²) in [5, 5.41) is 0. The molecule has 0 N–H and O–H groups in total. The molecule has 5 rings (SSSR count). The third kappa shape index (κ3) is 4.23. The fourth-order valence-electron chi connectivity index (χ4n) is 4.59. The minimum Gasteiger partial charge on any atom is -0.497 e. The maximum absolute atomic E-state index is 12.9. The highest BCUT2D eigenvalue weighted by molar-refractivity contribution is 5.96. The van der Waals surface area contributed by atoms with Crippen molar-refractivity contribution in [2.75, 3.05) is 25.2 Å². The topological polar surface area (TPSA) is 56.6 Å². The monoisotopic (exact) mass is 455 g/mol. The van der Waals surface area contributed by atoms with Crippen molar-refractivity contribution in [3.05, 3.63) is 83.7 Å². The second-order valence-electron chi connectivity index (χ2n) is 8.81. The van der Waals surface area contributed by atoms with Crippen LogP contribution in [0.25, 0.3) is 11.0 Å². The molecule has 1 aliphatic rings. The van der Waals surface area contributed by atoms with Crippen molar-refractivity contribution in [2.24, 2.45) is 0 Å². The van der Waals surface area contributed by atoms with Gasteiger partial charge in [0.25, 0.3) is 0 Å². The van der Waals surface area contributed by atoms with Gasteiger partial charge in [0, 0.05) is 24.6 Å². The van der Waals surface area contributed by atoms with Gasteiger partial charge in [0.05, 0.1) is 24.7 Å². The molecule has 0 bridgehead atoms. The van der Waals surface area contributed by atoms with E-state index in [2.05, 4.69) is 36.6 Å². The van der Waals surface area contributed by atoms with Crippen LogP contribution in [0.4, 0.5) is 5.69 Å². The van der Waals surface area contributed by atoms with Gasteiger partial charge in [-0.15, -0.1) is 0 Å². The number of methoxy groups -OCH3 is 1. The Morgan fingerprint density at radius 3 is 2.50 bits per heavy atom. The van der Waals surface area contributed by atoms with E-state index in [4.69, 9.17) is 14.5 Å². The Labute approximate surface area is 199 Å². The number of nitrogens with zero attached hydrogens (tertiary/aromatic N) is 3. The lowest BCUT2D eigenvalue weighted by molar-refractivity contribution is -0.117. The lowest BCUT2D eigenvalue weighted by Gasteiger charge is -2.18. The molecule has 174 valence electrons. The highest BCUT2D eigenvalue weighted by Crippen LogP contribution is 2.34. The molecule has 3 aromatic carbocycles. The largest absolute Gasteiger partial charge is 0.497 e. The van der Waals surface area contributed by atoms with E-state index in [1.807, 2.05) is 53.4 Å². The zero-order chi connectivity index (χ0) is 23.7. The number of carbonyl (C=O) groups is 1. The van der Waals surface area contributed by atoms with Crippen LogP contribution in [0.1, 0.15) is 29.3 Å². The van der Waals surface area contributed by atoms with Crippen molar-refractivity contribution in [1.82, 2.24) is 9.55 Å². The van der Waals surface area contributed by atoms with Crippen molar-refractivity contribution < 1.29 is 14.3 Å². The molecule has 0 spiro atoms. The number of imidazole rings is 1. The smallest absolute Gasteiger partial charge is 0.227 e. The van der Waals surface area contributed by atoms with Crippen LogP contribution in [0.5, 0.6) is 11.5 Å². The van der Waals surface area contributed by atoms with Crippen LogP contribution >= 0.6 is 0 Å². The Hall–Kier alpha value is -3.80. The van der Waals surface area contributed by atoms with Crippen molar-refractivity contribution in [1.29, 1.82) is 0 Å². The van der Waals surface area contributed by atoms with Gasteiger partial charge in [0.1, 0.15) is 23.9 Å². The number of carbonyl (C=O) groups excluding carboxylic acids is 1. The fraction of sp³-hybridized carbons (Fsp3) is 0.286. The molecular formula is C28H29N3O3. The molecule has 1 fully saturated rings. The van der Waals surface area contributed by atoms with Gasteiger partial charge in [-0.25, -0.2) is 4.98 Å². The van der Waals surface area contributed by atoms with Crippen LogP contribution in [0.15, 0.2) is 66.7 Å². The Balaban J connectivity index is 1.38. The average Bonchev–Trinajstić information content (AvgIpc) is 3.42. The van der Waals surface area contributed by atoms with Gasteiger partial charge < -0.3 is 18.9 Å². The molecule has 0 saturated carbocycles. The number of benzene rings is 3. The summed E-state index contributed by atoms with van der Waals surface area (Å²) in [4.78, 5) is 19.7. The summed E-state index contributed by atoms with van der Waals surface area (Å²) >= 11 is 0. The Kier molecular flexibility index (Phi) is 5.97. The third-order valence-corrected chi connectivity index (χ3v) is 6.62. The van der Waals surface area contributed by atoms with Crippen LogP contribution in [0.3, 0.4) is 0 Å². The molecule has 6 nitrogen and oxygen atoms in total. The standard InChI is InChI=1S/C28H29N3O3/c1-19-8-11-24(16-20(19)2)34-15-14-30-26-7-5-4-6-25(26)29-28(30)21-17-27(32)31(18-21)22-9-12-23(33-3)13-10-22/h4-13,16,21H,14-15,17-18H2,1-3H3.